The van der Waals surface area contributed by atoms with Crippen molar-refractivity contribution in [3.05, 3.63) is 35.9 Å². The van der Waals surface area contributed by atoms with Crippen LogP contribution in [0.4, 0.5) is 0 Å². The van der Waals surface area contributed by atoms with Gasteiger partial charge in [0, 0.05) is 19.1 Å². The second-order valence-electron chi connectivity index (χ2n) is 3.87. The molecule has 1 aromatic carbocycles. The second-order valence-corrected chi connectivity index (χ2v) is 3.87. The van der Waals surface area contributed by atoms with Crippen molar-refractivity contribution in [1.29, 1.82) is 0 Å². The Morgan fingerprint density at radius 1 is 1.29 bits per heavy atom. The molecule has 1 aromatic rings. The van der Waals surface area contributed by atoms with Crippen LogP contribution in [0, 0.1) is 0 Å². The fraction of sp³-hybridized carbons (Fsp3) is 0.500. The maximum atomic E-state index is 3.24. The highest BCUT2D eigenvalue weighted by atomic mass is 15.1. The number of nitrogens with zero attached hydrogens (tertiary/aromatic N) is 1. The lowest BCUT2D eigenvalue weighted by atomic mass is 10.2. The SMILES string of the molecule is CN[C@H](C)CN(C)Cc1ccccc1. The first-order valence-corrected chi connectivity index (χ1v) is 5.12. The summed E-state index contributed by atoms with van der Waals surface area (Å²) >= 11 is 0. The van der Waals surface area contributed by atoms with E-state index in [1.165, 1.54) is 5.56 Å². The van der Waals surface area contributed by atoms with Crippen LogP contribution in [0.15, 0.2) is 30.3 Å². The van der Waals surface area contributed by atoms with E-state index in [9.17, 15) is 0 Å². The average molecular weight is 192 g/mol. The van der Waals surface area contributed by atoms with E-state index in [-0.39, 0.29) is 0 Å². The molecule has 0 aliphatic heterocycles. The zero-order chi connectivity index (χ0) is 10.4. The number of rotatable bonds is 5. The Kier molecular flexibility index (Phi) is 4.63. The molecule has 2 nitrogen and oxygen atoms in total. The van der Waals surface area contributed by atoms with Crippen molar-refractivity contribution in [3.63, 3.8) is 0 Å². The van der Waals surface area contributed by atoms with E-state index < -0.39 is 0 Å². The summed E-state index contributed by atoms with van der Waals surface area (Å²) in [6, 6.07) is 11.1. The lowest BCUT2D eigenvalue weighted by Crippen LogP contribution is -2.34. The molecule has 0 bridgehead atoms. The van der Waals surface area contributed by atoms with Gasteiger partial charge in [-0.1, -0.05) is 30.3 Å². The quantitative estimate of drug-likeness (QED) is 0.764. The Morgan fingerprint density at radius 3 is 2.50 bits per heavy atom. The third-order valence-corrected chi connectivity index (χ3v) is 2.37. The van der Waals surface area contributed by atoms with Crippen molar-refractivity contribution in [2.24, 2.45) is 0 Å². The highest BCUT2D eigenvalue weighted by Crippen LogP contribution is 2.02. The minimum Gasteiger partial charge on any atom is -0.316 e. The zero-order valence-electron chi connectivity index (χ0n) is 9.33. The maximum Gasteiger partial charge on any atom is 0.0231 e. The summed E-state index contributed by atoms with van der Waals surface area (Å²) in [6.45, 7) is 4.29. The minimum atomic E-state index is 0.545. The molecule has 1 N–H and O–H groups in total. The molecule has 0 spiro atoms. The Labute approximate surface area is 86.9 Å². The van der Waals surface area contributed by atoms with E-state index in [4.69, 9.17) is 0 Å². The molecule has 0 aromatic heterocycles. The van der Waals surface area contributed by atoms with Crippen LogP contribution in [0.25, 0.3) is 0 Å². The van der Waals surface area contributed by atoms with Crippen molar-refractivity contribution in [3.8, 4) is 0 Å². The van der Waals surface area contributed by atoms with Crippen LogP contribution in [-0.2, 0) is 6.54 Å². The highest BCUT2D eigenvalue weighted by Gasteiger charge is 2.03. The van der Waals surface area contributed by atoms with Gasteiger partial charge in [-0.25, -0.2) is 0 Å². The molecule has 1 rings (SSSR count). The third-order valence-electron chi connectivity index (χ3n) is 2.37. The van der Waals surface area contributed by atoms with E-state index in [2.05, 4.69) is 54.5 Å². The topological polar surface area (TPSA) is 15.3 Å². The maximum absolute atomic E-state index is 3.24. The standard InChI is InChI=1S/C12H20N2/c1-11(13-2)9-14(3)10-12-7-5-4-6-8-12/h4-8,11,13H,9-10H2,1-3H3/t11-/m1/s1. The molecule has 0 heterocycles. The molecule has 0 saturated heterocycles. The lowest BCUT2D eigenvalue weighted by Gasteiger charge is -2.20. The second kappa shape index (κ2) is 5.78. The summed E-state index contributed by atoms with van der Waals surface area (Å²) in [5, 5.41) is 3.24. The van der Waals surface area contributed by atoms with Crippen LogP contribution in [-0.4, -0.2) is 31.6 Å². The normalized spacial score (nSPS) is 13.1. The Bertz CT molecular complexity index is 246. The summed E-state index contributed by atoms with van der Waals surface area (Å²) in [4.78, 5) is 2.33. The first-order valence-electron chi connectivity index (χ1n) is 5.12. The van der Waals surface area contributed by atoms with Gasteiger partial charge >= 0.3 is 0 Å². The summed E-state index contributed by atoms with van der Waals surface area (Å²) in [6.07, 6.45) is 0. The van der Waals surface area contributed by atoms with Gasteiger partial charge < -0.3 is 10.2 Å². The highest BCUT2D eigenvalue weighted by molar-refractivity contribution is 5.14. The predicted octanol–water partition coefficient (Wildman–Crippen LogP) is 1.73. The predicted molar refractivity (Wildman–Crippen MR) is 61.3 cm³/mol. The average Bonchev–Trinajstić information content (AvgIpc) is 2.19. The molecule has 2 heteroatoms. The van der Waals surface area contributed by atoms with E-state index >= 15 is 0 Å². The van der Waals surface area contributed by atoms with Crippen molar-refractivity contribution in [2.75, 3.05) is 20.6 Å². The van der Waals surface area contributed by atoms with Gasteiger partial charge in [0.05, 0.1) is 0 Å². The first kappa shape index (κ1) is 11.2. The summed E-state index contributed by atoms with van der Waals surface area (Å²) in [5.41, 5.74) is 1.37. The van der Waals surface area contributed by atoms with Crippen molar-refractivity contribution in [2.45, 2.75) is 19.5 Å². The largest absolute Gasteiger partial charge is 0.316 e. The monoisotopic (exact) mass is 192 g/mol. The first-order chi connectivity index (χ1) is 6.72. The molecule has 0 saturated carbocycles. The van der Waals surface area contributed by atoms with Crippen LogP contribution in [0.1, 0.15) is 12.5 Å². The van der Waals surface area contributed by atoms with Crippen molar-refractivity contribution >= 4 is 0 Å². The molecule has 1 atom stereocenters. The number of hydrogen-bond donors (Lipinski definition) is 1. The van der Waals surface area contributed by atoms with E-state index in [1.54, 1.807) is 0 Å². The molecule has 0 unspecified atom stereocenters. The molecule has 0 aliphatic rings. The van der Waals surface area contributed by atoms with Gasteiger partial charge in [-0.3, -0.25) is 0 Å². The Balaban J connectivity index is 2.37. The van der Waals surface area contributed by atoms with Gasteiger partial charge in [-0.05, 0) is 26.6 Å². The summed E-state index contributed by atoms with van der Waals surface area (Å²) in [5.74, 6) is 0. The van der Waals surface area contributed by atoms with Gasteiger partial charge in [-0.15, -0.1) is 0 Å². The molecule has 78 valence electrons. The van der Waals surface area contributed by atoms with Crippen LogP contribution in [0.2, 0.25) is 0 Å². The molecule has 0 amide bonds. The summed E-state index contributed by atoms with van der Waals surface area (Å²) < 4.78 is 0. The van der Waals surface area contributed by atoms with Gasteiger partial charge in [-0.2, -0.15) is 0 Å². The van der Waals surface area contributed by atoms with Crippen LogP contribution in [0.5, 0.6) is 0 Å². The fourth-order valence-corrected chi connectivity index (χ4v) is 1.52. The Hall–Kier alpha value is -0.860. The molecule has 0 aliphatic carbocycles. The smallest absolute Gasteiger partial charge is 0.0231 e. The number of nitrogens with one attached hydrogen (secondary N) is 1. The minimum absolute atomic E-state index is 0.545. The van der Waals surface area contributed by atoms with Crippen LogP contribution >= 0.6 is 0 Å². The third kappa shape index (κ3) is 3.90. The number of hydrogen-bond acceptors (Lipinski definition) is 2. The van der Waals surface area contributed by atoms with E-state index in [0.29, 0.717) is 6.04 Å². The number of benzene rings is 1. The van der Waals surface area contributed by atoms with Gasteiger partial charge in [0.2, 0.25) is 0 Å². The molecule has 14 heavy (non-hydrogen) atoms. The lowest BCUT2D eigenvalue weighted by molar-refractivity contribution is 0.295. The van der Waals surface area contributed by atoms with Crippen molar-refractivity contribution in [1.82, 2.24) is 10.2 Å². The van der Waals surface area contributed by atoms with E-state index in [1.807, 2.05) is 7.05 Å². The number of likely N-dealkylation sites (N-methyl/N-ethyl adjacent to an activating group) is 2. The molecule has 0 radical (unpaired) electrons. The van der Waals surface area contributed by atoms with Crippen LogP contribution < -0.4 is 5.32 Å². The fourth-order valence-electron chi connectivity index (χ4n) is 1.52. The molecular weight excluding hydrogens is 172 g/mol. The molecular formula is C12H20N2. The van der Waals surface area contributed by atoms with E-state index in [0.717, 1.165) is 13.1 Å². The van der Waals surface area contributed by atoms with Gasteiger partial charge in [0.25, 0.3) is 0 Å². The zero-order valence-corrected chi connectivity index (χ0v) is 9.33. The summed E-state index contributed by atoms with van der Waals surface area (Å²) in [7, 11) is 4.15. The Morgan fingerprint density at radius 2 is 1.93 bits per heavy atom. The van der Waals surface area contributed by atoms with Crippen molar-refractivity contribution < 1.29 is 0 Å². The molecule has 0 fully saturated rings. The van der Waals surface area contributed by atoms with Crippen LogP contribution in [0.3, 0.4) is 0 Å². The van der Waals surface area contributed by atoms with Gasteiger partial charge in [0.1, 0.15) is 0 Å². The van der Waals surface area contributed by atoms with Gasteiger partial charge in [0.15, 0.2) is 0 Å².